The number of fused-ring (bicyclic) bond motifs is 1. The zero-order valence-electron chi connectivity index (χ0n) is 12.7. The minimum Gasteiger partial charge on any atom is -0.267 e. The van der Waals surface area contributed by atoms with Gasteiger partial charge in [-0.05, 0) is 67.5 Å². The molecule has 0 spiro atoms. The fourth-order valence-electron chi connectivity index (χ4n) is 2.72. The van der Waals surface area contributed by atoms with Crippen LogP contribution in [0.4, 0.5) is 0 Å². The SMILES string of the molecule is CC(=NNC(=O)c1cccnc1)c1ccc2c(c1)CCCC2. The normalized spacial score (nSPS) is 14.3. The molecular formula is C18H19N3O. The Balaban J connectivity index is 1.73. The van der Waals surface area contributed by atoms with Gasteiger partial charge in [-0.2, -0.15) is 5.10 Å². The number of hydrogen-bond donors (Lipinski definition) is 1. The number of hydrazone groups is 1. The van der Waals surface area contributed by atoms with Crippen LogP contribution in [-0.2, 0) is 12.8 Å². The van der Waals surface area contributed by atoms with E-state index in [0.717, 1.165) is 17.7 Å². The molecule has 0 radical (unpaired) electrons. The first kappa shape index (κ1) is 14.4. The summed E-state index contributed by atoms with van der Waals surface area (Å²) < 4.78 is 0. The van der Waals surface area contributed by atoms with E-state index >= 15 is 0 Å². The molecule has 1 aliphatic carbocycles. The summed E-state index contributed by atoms with van der Waals surface area (Å²) in [4.78, 5) is 15.9. The fraction of sp³-hybridized carbons (Fsp3) is 0.278. The number of aromatic nitrogens is 1. The number of hydrogen-bond acceptors (Lipinski definition) is 3. The van der Waals surface area contributed by atoms with Crippen molar-refractivity contribution in [2.75, 3.05) is 0 Å². The van der Waals surface area contributed by atoms with Gasteiger partial charge < -0.3 is 0 Å². The lowest BCUT2D eigenvalue weighted by atomic mass is 9.90. The fourth-order valence-corrected chi connectivity index (χ4v) is 2.72. The van der Waals surface area contributed by atoms with Gasteiger partial charge in [-0.25, -0.2) is 5.43 Å². The van der Waals surface area contributed by atoms with E-state index in [1.165, 1.54) is 36.6 Å². The Hall–Kier alpha value is -2.49. The third kappa shape index (κ3) is 3.22. The van der Waals surface area contributed by atoms with Gasteiger partial charge in [0.25, 0.3) is 5.91 Å². The Morgan fingerprint density at radius 3 is 2.73 bits per heavy atom. The topological polar surface area (TPSA) is 54.4 Å². The van der Waals surface area contributed by atoms with Crippen LogP contribution in [-0.4, -0.2) is 16.6 Å². The maximum absolute atomic E-state index is 12.0. The van der Waals surface area contributed by atoms with E-state index in [1.54, 1.807) is 18.3 Å². The summed E-state index contributed by atoms with van der Waals surface area (Å²) in [5, 5.41) is 4.21. The maximum Gasteiger partial charge on any atom is 0.272 e. The van der Waals surface area contributed by atoms with Gasteiger partial charge in [0.05, 0.1) is 11.3 Å². The first-order valence-electron chi connectivity index (χ1n) is 7.61. The lowest BCUT2D eigenvalue weighted by Crippen LogP contribution is -2.19. The monoisotopic (exact) mass is 293 g/mol. The zero-order chi connectivity index (χ0) is 15.4. The van der Waals surface area contributed by atoms with Gasteiger partial charge in [0.15, 0.2) is 0 Å². The highest BCUT2D eigenvalue weighted by Crippen LogP contribution is 2.22. The summed E-state index contributed by atoms with van der Waals surface area (Å²) in [5.41, 5.74) is 7.82. The largest absolute Gasteiger partial charge is 0.272 e. The van der Waals surface area contributed by atoms with E-state index in [9.17, 15) is 4.79 Å². The van der Waals surface area contributed by atoms with Crippen LogP contribution in [0.25, 0.3) is 0 Å². The van der Waals surface area contributed by atoms with Crippen molar-refractivity contribution in [3.8, 4) is 0 Å². The predicted octanol–water partition coefficient (Wildman–Crippen LogP) is 3.11. The Labute approximate surface area is 130 Å². The number of rotatable bonds is 3. The summed E-state index contributed by atoms with van der Waals surface area (Å²) in [6.45, 7) is 1.91. The van der Waals surface area contributed by atoms with E-state index in [0.29, 0.717) is 5.56 Å². The van der Waals surface area contributed by atoms with Gasteiger partial charge in [0.1, 0.15) is 0 Å². The van der Waals surface area contributed by atoms with Crippen LogP contribution < -0.4 is 5.43 Å². The molecule has 0 aliphatic heterocycles. The average Bonchev–Trinajstić information content (AvgIpc) is 2.59. The van der Waals surface area contributed by atoms with Crippen molar-refractivity contribution in [2.45, 2.75) is 32.6 Å². The summed E-state index contributed by atoms with van der Waals surface area (Å²) in [6, 6.07) is 9.91. The first-order chi connectivity index (χ1) is 10.7. The molecule has 1 aromatic carbocycles. The van der Waals surface area contributed by atoms with Crippen molar-refractivity contribution in [3.05, 3.63) is 65.0 Å². The summed E-state index contributed by atoms with van der Waals surface area (Å²) in [6.07, 6.45) is 8.00. The van der Waals surface area contributed by atoms with Gasteiger partial charge in [-0.1, -0.05) is 12.1 Å². The number of aryl methyl sites for hydroxylation is 2. The molecule has 1 amide bonds. The van der Waals surface area contributed by atoms with E-state index in [2.05, 4.69) is 33.7 Å². The van der Waals surface area contributed by atoms with Crippen LogP contribution in [0.5, 0.6) is 0 Å². The van der Waals surface area contributed by atoms with Crippen molar-refractivity contribution in [1.29, 1.82) is 0 Å². The molecule has 112 valence electrons. The Morgan fingerprint density at radius 1 is 1.14 bits per heavy atom. The van der Waals surface area contributed by atoms with E-state index in [-0.39, 0.29) is 5.91 Å². The van der Waals surface area contributed by atoms with Gasteiger partial charge in [-0.15, -0.1) is 0 Å². The lowest BCUT2D eigenvalue weighted by Gasteiger charge is -2.16. The van der Waals surface area contributed by atoms with Crippen LogP contribution in [0.15, 0.2) is 47.8 Å². The van der Waals surface area contributed by atoms with Crippen LogP contribution in [0.2, 0.25) is 0 Å². The van der Waals surface area contributed by atoms with Gasteiger partial charge in [0.2, 0.25) is 0 Å². The van der Waals surface area contributed by atoms with E-state index in [4.69, 9.17) is 0 Å². The molecule has 3 rings (SSSR count). The second-order valence-electron chi connectivity index (χ2n) is 5.57. The molecule has 0 atom stereocenters. The number of carbonyl (C=O) groups excluding carboxylic acids is 1. The summed E-state index contributed by atoms with van der Waals surface area (Å²) in [7, 11) is 0. The molecule has 4 nitrogen and oxygen atoms in total. The molecule has 0 saturated carbocycles. The van der Waals surface area contributed by atoms with Gasteiger partial charge in [0, 0.05) is 12.4 Å². The molecule has 1 aromatic heterocycles. The number of nitrogens with zero attached hydrogens (tertiary/aromatic N) is 2. The highest BCUT2D eigenvalue weighted by molar-refractivity contribution is 6.00. The van der Waals surface area contributed by atoms with Crippen LogP contribution in [0.1, 0.15) is 46.8 Å². The van der Waals surface area contributed by atoms with Crippen molar-refractivity contribution in [1.82, 2.24) is 10.4 Å². The minimum atomic E-state index is -0.245. The Kier molecular flexibility index (Phi) is 4.28. The van der Waals surface area contributed by atoms with Crippen molar-refractivity contribution in [2.24, 2.45) is 5.10 Å². The van der Waals surface area contributed by atoms with E-state index in [1.807, 2.05) is 6.92 Å². The molecule has 1 aliphatic rings. The summed E-state index contributed by atoms with van der Waals surface area (Å²) >= 11 is 0. The molecule has 2 aromatic rings. The lowest BCUT2D eigenvalue weighted by molar-refractivity contribution is 0.0954. The van der Waals surface area contributed by atoms with Gasteiger partial charge >= 0.3 is 0 Å². The number of pyridine rings is 1. The summed E-state index contributed by atoms with van der Waals surface area (Å²) in [5.74, 6) is -0.245. The maximum atomic E-state index is 12.0. The first-order valence-corrected chi connectivity index (χ1v) is 7.61. The smallest absolute Gasteiger partial charge is 0.267 e. The van der Waals surface area contributed by atoms with Crippen LogP contribution in [0.3, 0.4) is 0 Å². The number of amides is 1. The van der Waals surface area contributed by atoms with Crippen molar-refractivity contribution < 1.29 is 4.79 Å². The third-order valence-electron chi connectivity index (χ3n) is 4.02. The molecule has 4 heteroatoms. The molecule has 22 heavy (non-hydrogen) atoms. The van der Waals surface area contributed by atoms with Crippen LogP contribution >= 0.6 is 0 Å². The highest BCUT2D eigenvalue weighted by atomic mass is 16.2. The van der Waals surface area contributed by atoms with Crippen LogP contribution in [0, 0.1) is 0 Å². The molecule has 1 heterocycles. The molecule has 0 bridgehead atoms. The Morgan fingerprint density at radius 2 is 1.95 bits per heavy atom. The quantitative estimate of drug-likeness (QED) is 0.698. The van der Waals surface area contributed by atoms with Gasteiger partial charge in [-0.3, -0.25) is 9.78 Å². The number of carbonyl (C=O) groups is 1. The zero-order valence-corrected chi connectivity index (χ0v) is 12.7. The average molecular weight is 293 g/mol. The Bertz CT molecular complexity index is 708. The molecule has 0 unspecified atom stereocenters. The molecular weight excluding hydrogens is 274 g/mol. The second-order valence-corrected chi connectivity index (χ2v) is 5.57. The molecule has 1 N–H and O–H groups in total. The predicted molar refractivity (Wildman–Crippen MR) is 87.0 cm³/mol. The third-order valence-corrected chi connectivity index (χ3v) is 4.02. The minimum absolute atomic E-state index is 0.245. The second kappa shape index (κ2) is 6.52. The number of nitrogens with one attached hydrogen (secondary N) is 1. The molecule has 0 saturated heterocycles. The van der Waals surface area contributed by atoms with Crippen molar-refractivity contribution >= 4 is 11.6 Å². The standard InChI is InChI=1S/C18H19N3O/c1-13(20-21-18(22)17-7-4-10-19-12-17)15-9-8-14-5-2-3-6-16(14)11-15/h4,7-12H,2-3,5-6H2,1H3,(H,21,22). The molecule has 0 fully saturated rings. The van der Waals surface area contributed by atoms with Crippen molar-refractivity contribution in [3.63, 3.8) is 0 Å². The van der Waals surface area contributed by atoms with E-state index < -0.39 is 0 Å². The number of benzene rings is 1. The highest BCUT2D eigenvalue weighted by Gasteiger charge is 2.10.